The summed E-state index contributed by atoms with van der Waals surface area (Å²) < 4.78 is 0. The first kappa shape index (κ1) is 14.4. The molecule has 100 valence electrons. The Bertz CT molecular complexity index is 536. The molecule has 0 amide bonds. The van der Waals surface area contributed by atoms with Gasteiger partial charge in [-0.3, -0.25) is 14.9 Å². The summed E-state index contributed by atoms with van der Waals surface area (Å²) in [7, 11) is 0. The number of nitrogens with one attached hydrogen (secondary N) is 1. The van der Waals surface area contributed by atoms with Gasteiger partial charge in [-0.05, 0) is 18.6 Å². The quantitative estimate of drug-likeness (QED) is 0.598. The summed E-state index contributed by atoms with van der Waals surface area (Å²) in [5.41, 5.74) is 0.158. The third-order valence-corrected chi connectivity index (χ3v) is 2.70. The van der Waals surface area contributed by atoms with E-state index in [1.165, 1.54) is 12.1 Å². The monoisotopic (exact) mass is 263 g/mol. The number of nitro benzene ring substituents is 1. The lowest BCUT2D eigenvalue weighted by atomic mass is 10.1. The fourth-order valence-corrected chi connectivity index (χ4v) is 1.54. The van der Waals surface area contributed by atoms with Crippen molar-refractivity contribution in [2.24, 2.45) is 5.92 Å². The zero-order chi connectivity index (χ0) is 14.4. The molecule has 0 aromatic heterocycles. The van der Waals surface area contributed by atoms with Crippen LogP contribution < -0.4 is 5.32 Å². The number of nitriles is 1. The maximum absolute atomic E-state index is 10.9. The van der Waals surface area contributed by atoms with Crippen LogP contribution >= 0.6 is 0 Å². The molecule has 7 heteroatoms. The number of nitro groups is 1. The average molecular weight is 263 g/mol. The van der Waals surface area contributed by atoms with Crippen LogP contribution in [0.3, 0.4) is 0 Å². The van der Waals surface area contributed by atoms with Crippen LogP contribution in [0.15, 0.2) is 18.2 Å². The van der Waals surface area contributed by atoms with Gasteiger partial charge in [0.05, 0.1) is 22.5 Å². The van der Waals surface area contributed by atoms with Gasteiger partial charge in [-0.15, -0.1) is 0 Å². The van der Waals surface area contributed by atoms with Gasteiger partial charge in [0.2, 0.25) is 0 Å². The van der Waals surface area contributed by atoms with Crippen molar-refractivity contribution in [2.45, 2.75) is 13.3 Å². The molecule has 0 aliphatic rings. The van der Waals surface area contributed by atoms with Crippen LogP contribution in [0.2, 0.25) is 0 Å². The summed E-state index contributed by atoms with van der Waals surface area (Å²) in [6, 6.07) is 5.82. The summed E-state index contributed by atoms with van der Waals surface area (Å²) in [6.07, 6.45) is 0.423. The van der Waals surface area contributed by atoms with Gasteiger partial charge in [0, 0.05) is 12.6 Å². The Labute approximate surface area is 109 Å². The summed E-state index contributed by atoms with van der Waals surface area (Å²) in [5.74, 6) is -1.57. The maximum Gasteiger partial charge on any atom is 0.308 e. The molecule has 0 aliphatic carbocycles. The van der Waals surface area contributed by atoms with Crippen molar-refractivity contribution in [1.29, 1.82) is 5.26 Å². The predicted octanol–water partition coefficient (Wildman–Crippen LogP) is 1.99. The second-order valence-electron chi connectivity index (χ2n) is 3.93. The lowest BCUT2D eigenvalue weighted by Crippen LogP contribution is -2.22. The van der Waals surface area contributed by atoms with E-state index in [0.717, 1.165) is 6.07 Å². The summed E-state index contributed by atoms with van der Waals surface area (Å²) in [4.78, 5) is 21.1. The Kier molecular flexibility index (Phi) is 4.83. The van der Waals surface area contributed by atoms with E-state index in [1.54, 1.807) is 6.92 Å². The SMILES string of the molecule is CCC(CNc1ccc(C#N)cc1[N+](=O)[O-])C(=O)O. The van der Waals surface area contributed by atoms with Gasteiger partial charge in [-0.25, -0.2) is 0 Å². The topological polar surface area (TPSA) is 116 Å². The minimum Gasteiger partial charge on any atom is -0.481 e. The van der Waals surface area contributed by atoms with Crippen LogP contribution in [0.1, 0.15) is 18.9 Å². The Morgan fingerprint density at radius 2 is 2.32 bits per heavy atom. The molecule has 1 unspecified atom stereocenters. The number of hydrogen-bond acceptors (Lipinski definition) is 5. The van der Waals surface area contributed by atoms with Gasteiger partial charge < -0.3 is 10.4 Å². The van der Waals surface area contributed by atoms with Crippen LogP contribution in [-0.4, -0.2) is 22.5 Å². The summed E-state index contributed by atoms with van der Waals surface area (Å²) in [6.45, 7) is 1.83. The minimum absolute atomic E-state index is 0.0958. The lowest BCUT2D eigenvalue weighted by Gasteiger charge is -2.12. The highest BCUT2D eigenvalue weighted by molar-refractivity contribution is 5.71. The minimum atomic E-state index is -0.953. The highest BCUT2D eigenvalue weighted by Gasteiger charge is 2.18. The fraction of sp³-hybridized carbons (Fsp3) is 0.333. The van der Waals surface area contributed by atoms with Crippen molar-refractivity contribution in [3.05, 3.63) is 33.9 Å². The van der Waals surface area contributed by atoms with Crippen molar-refractivity contribution >= 4 is 17.3 Å². The van der Waals surface area contributed by atoms with Crippen molar-refractivity contribution < 1.29 is 14.8 Å². The third kappa shape index (κ3) is 3.67. The molecule has 1 aromatic carbocycles. The van der Waals surface area contributed by atoms with Gasteiger partial charge >= 0.3 is 5.97 Å². The number of benzene rings is 1. The number of carboxylic acid groups (broad SMARTS) is 1. The van der Waals surface area contributed by atoms with E-state index in [4.69, 9.17) is 10.4 Å². The molecule has 1 atom stereocenters. The molecule has 2 N–H and O–H groups in total. The highest BCUT2D eigenvalue weighted by Crippen LogP contribution is 2.25. The van der Waals surface area contributed by atoms with Crippen molar-refractivity contribution in [3.63, 3.8) is 0 Å². The summed E-state index contributed by atoms with van der Waals surface area (Å²) in [5, 5.41) is 31.2. The van der Waals surface area contributed by atoms with Crippen molar-refractivity contribution in [1.82, 2.24) is 0 Å². The molecule has 0 saturated heterocycles. The Morgan fingerprint density at radius 1 is 1.63 bits per heavy atom. The fourth-order valence-electron chi connectivity index (χ4n) is 1.54. The molecule has 7 nitrogen and oxygen atoms in total. The van der Waals surface area contributed by atoms with Crippen LogP contribution in [0, 0.1) is 27.4 Å². The molecule has 0 spiro atoms. The maximum atomic E-state index is 10.9. The van der Waals surface area contributed by atoms with Gasteiger partial charge in [-0.2, -0.15) is 5.26 Å². The molecular weight excluding hydrogens is 250 g/mol. The molecule has 0 radical (unpaired) electrons. The zero-order valence-electron chi connectivity index (χ0n) is 10.3. The number of rotatable bonds is 6. The molecule has 19 heavy (non-hydrogen) atoms. The van der Waals surface area contributed by atoms with Crippen LogP contribution in [0.5, 0.6) is 0 Å². The molecular formula is C12H13N3O4. The van der Waals surface area contributed by atoms with E-state index in [-0.39, 0.29) is 23.5 Å². The Morgan fingerprint density at radius 3 is 2.79 bits per heavy atom. The van der Waals surface area contributed by atoms with Crippen LogP contribution in [0.4, 0.5) is 11.4 Å². The molecule has 0 fully saturated rings. The van der Waals surface area contributed by atoms with Gasteiger partial charge in [0.15, 0.2) is 0 Å². The van der Waals surface area contributed by atoms with Crippen LogP contribution in [-0.2, 0) is 4.79 Å². The third-order valence-electron chi connectivity index (χ3n) is 2.70. The smallest absolute Gasteiger partial charge is 0.308 e. The first-order valence-electron chi connectivity index (χ1n) is 5.64. The molecule has 1 rings (SSSR count). The number of carbonyl (C=O) groups is 1. The molecule has 1 aromatic rings. The Hall–Kier alpha value is -2.62. The normalized spacial score (nSPS) is 11.4. The largest absolute Gasteiger partial charge is 0.481 e. The number of aliphatic carboxylic acids is 1. The number of anilines is 1. The van der Waals surface area contributed by atoms with E-state index in [1.807, 2.05) is 6.07 Å². The molecule has 0 heterocycles. The average Bonchev–Trinajstić information content (AvgIpc) is 2.38. The van der Waals surface area contributed by atoms with Crippen LogP contribution in [0.25, 0.3) is 0 Å². The lowest BCUT2D eigenvalue weighted by molar-refractivity contribution is -0.384. The first-order chi connectivity index (χ1) is 8.99. The second kappa shape index (κ2) is 6.35. The van der Waals surface area contributed by atoms with E-state index in [9.17, 15) is 14.9 Å². The van der Waals surface area contributed by atoms with E-state index < -0.39 is 16.8 Å². The highest BCUT2D eigenvalue weighted by atomic mass is 16.6. The van der Waals surface area contributed by atoms with Gasteiger partial charge in [0.1, 0.15) is 5.69 Å². The van der Waals surface area contributed by atoms with E-state index in [2.05, 4.69) is 5.32 Å². The van der Waals surface area contributed by atoms with E-state index in [0.29, 0.717) is 6.42 Å². The molecule has 0 bridgehead atoms. The number of carboxylic acids is 1. The van der Waals surface area contributed by atoms with Gasteiger partial charge in [0.25, 0.3) is 5.69 Å². The van der Waals surface area contributed by atoms with Crippen molar-refractivity contribution in [3.8, 4) is 6.07 Å². The summed E-state index contributed by atoms with van der Waals surface area (Å²) >= 11 is 0. The standard InChI is InChI=1S/C12H13N3O4/c1-2-9(12(16)17)7-14-10-4-3-8(6-13)5-11(10)15(18)19/h3-5,9,14H,2,7H2,1H3,(H,16,17). The predicted molar refractivity (Wildman–Crippen MR) is 67.7 cm³/mol. The number of hydrogen-bond donors (Lipinski definition) is 2. The molecule has 0 saturated carbocycles. The van der Waals surface area contributed by atoms with Gasteiger partial charge in [-0.1, -0.05) is 6.92 Å². The second-order valence-corrected chi connectivity index (χ2v) is 3.93. The number of nitrogens with zero attached hydrogens (tertiary/aromatic N) is 2. The van der Waals surface area contributed by atoms with E-state index >= 15 is 0 Å². The Balaban J connectivity index is 2.92. The first-order valence-corrected chi connectivity index (χ1v) is 5.64. The zero-order valence-corrected chi connectivity index (χ0v) is 10.3. The van der Waals surface area contributed by atoms with Crippen molar-refractivity contribution in [2.75, 3.05) is 11.9 Å². The molecule has 0 aliphatic heterocycles.